The maximum Gasteiger partial charge on any atom is 0.412 e. The van der Waals surface area contributed by atoms with Crippen molar-refractivity contribution in [2.24, 2.45) is 0 Å². The number of anilines is 1. The lowest BCUT2D eigenvalue weighted by molar-refractivity contribution is -0.142. The van der Waals surface area contributed by atoms with Crippen LogP contribution in [-0.4, -0.2) is 17.7 Å². The molecule has 0 aliphatic carbocycles. The molecule has 5 nitrogen and oxygen atoms in total. The Balaban J connectivity index is 2.83. The van der Waals surface area contributed by atoms with Gasteiger partial charge in [0.15, 0.2) is 0 Å². The number of ether oxygens (including phenoxy) is 2. The summed E-state index contributed by atoms with van der Waals surface area (Å²) < 4.78 is 11.0. The summed E-state index contributed by atoms with van der Waals surface area (Å²) >= 11 is 3.33. The first-order chi connectivity index (χ1) is 9.17. The van der Waals surface area contributed by atoms with Crippen LogP contribution in [0.2, 0.25) is 0 Å². The third kappa shape index (κ3) is 6.06. The van der Waals surface area contributed by atoms with Gasteiger partial charge in [-0.05, 0) is 39.0 Å². The third-order valence-corrected chi connectivity index (χ3v) is 2.63. The maximum absolute atomic E-state index is 11.8. The van der Waals surface area contributed by atoms with E-state index in [-0.39, 0.29) is 12.6 Å². The molecule has 0 aliphatic heterocycles. The first kappa shape index (κ1) is 16.5. The van der Waals surface area contributed by atoms with Gasteiger partial charge in [0.1, 0.15) is 12.2 Å². The Kier molecular flexibility index (Phi) is 5.56. The molecule has 20 heavy (non-hydrogen) atoms. The average molecular weight is 344 g/mol. The number of hydrogen-bond donors (Lipinski definition) is 1. The van der Waals surface area contributed by atoms with Crippen molar-refractivity contribution in [2.45, 2.75) is 39.9 Å². The highest BCUT2D eigenvalue weighted by Crippen LogP contribution is 2.22. The highest BCUT2D eigenvalue weighted by atomic mass is 79.9. The molecule has 0 radical (unpaired) electrons. The number of esters is 1. The summed E-state index contributed by atoms with van der Waals surface area (Å²) in [5, 5.41) is 2.64. The Morgan fingerprint density at radius 3 is 2.50 bits per heavy atom. The second kappa shape index (κ2) is 6.74. The van der Waals surface area contributed by atoms with Gasteiger partial charge >= 0.3 is 12.1 Å². The van der Waals surface area contributed by atoms with Gasteiger partial charge in [-0.25, -0.2) is 4.79 Å². The van der Waals surface area contributed by atoms with Crippen LogP contribution in [0.5, 0.6) is 0 Å². The molecule has 6 heteroatoms. The van der Waals surface area contributed by atoms with Gasteiger partial charge in [-0.2, -0.15) is 0 Å². The predicted octanol–water partition coefficient (Wildman–Crippen LogP) is 3.86. The van der Waals surface area contributed by atoms with E-state index in [1.165, 1.54) is 6.92 Å². The Morgan fingerprint density at radius 2 is 1.95 bits per heavy atom. The van der Waals surface area contributed by atoms with Crippen molar-refractivity contribution in [2.75, 3.05) is 5.32 Å². The lowest BCUT2D eigenvalue weighted by Gasteiger charge is -2.20. The Labute approximate surface area is 126 Å². The van der Waals surface area contributed by atoms with E-state index in [2.05, 4.69) is 21.2 Å². The van der Waals surface area contributed by atoms with Crippen LogP contribution in [0, 0.1) is 0 Å². The van der Waals surface area contributed by atoms with E-state index in [0.717, 1.165) is 4.47 Å². The molecule has 1 aromatic rings. The van der Waals surface area contributed by atoms with Crippen molar-refractivity contribution in [1.29, 1.82) is 0 Å². The maximum atomic E-state index is 11.8. The van der Waals surface area contributed by atoms with E-state index in [1.807, 2.05) is 0 Å². The minimum atomic E-state index is -0.574. The average Bonchev–Trinajstić information content (AvgIpc) is 2.26. The number of nitrogens with one attached hydrogen (secondary N) is 1. The SMILES string of the molecule is CC(=O)OCc1cc(Br)ccc1NC(=O)OC(C)(C)C. The molecule has 0 heterocycles. The lowest BCUT2D eigenvalue weighted by Crippen LogP contribution is -2.27. The summed E-state index contributed by atoms with van der Waals surface area (Å²) in [7, 11) is 0. The molecule has 0 spiro atoms. The largest absolute Gasteiger partial charge is 0.461 e. The van der Waals surface area contributed by atoms with Gasteiger partial charge in [0, 0.05) is 17.0 Å². The minimum absolute atomic E-state index is 0.0832. The fraction of sp³-hybridized carbons (Fsp3) is 0.429. The molecule has 1 N–H and O–H groups in total. The van der Waals surface area contributed by atoms with E-state index in [4.69, 9.17) is 9.47 Å². The highest BCUT2D eigenvalue weighted by molar-refractivity contribution is 9.10. The van der Waals surface area contributed by atoms with Crippen molar-refractivity contribution in [3.8, 4) is 0 Å². The van der Waals surface area contributed by atoms with Gasteiger partial charge in [-0.15, -0.1) is 0 Å². The Bertz CT molecular complexity index is 508. The number of carbonyl (C=O) groups excluding carboxylic acids is 2. The Hall–Kier alpha value is -1.56. The molecule has 0 aliphatic rings. The predicted molar refractivity (Wildman–Crippen MR) is 79.5 cm³/mol. The van der Waals surface area contributed by atoms with Crippen molar-refractivity contribution >= 4 is 33.7 Å². The van der Waals surface area contributed by atoms with Gasteiger partial charge in [0.25, 0.3) is 0 Å². The quantitative estimate of drug-likeness (QED) is 0.846. The fourth-order valence-electron chi connectivity index (χ4n) is 1.40. The Morgan fingerprint density at radius 1 is 1.30 bits per heavy atom. The summed E-state index contributed by atoms with van der Waals surface area (Å²) in [6.45, 7) is 6.77. The second-order valence-corrected chi connectivity index (χ2v) is 6.12. The zero-order valence-electron chi connectivity index (χ0n) is 12.0. The van der Waals surface area contributed by atoms with Crippen LogP contribution in [-0.2, 0) is 20.9 Å². The van der Waals surface area contributed by atoms with Gasteiger partial charge in [-0.1, -0.05) is 15.9 Å². The summed E-state index contributed by atoms with van der Waals surface area (Å²) in [5.74, 6) is -0.381. The van der Waals surface area contributed by atoms with E-state index < -0.39 is 11.7 Å². The molecule has 0 saturated carbocycles. The van der Waals surface area contributed by atoms with E-state index in [0.29, 0.717) is 11.3 Å². The molecule has 0 saturated heterocycles. The van der Waals surface area contributed by atoms with Crippen LogP contribution < -0.4 is 5.32 Å². The molecule has 110 valence electrons. The molecule has 0 unspecified atom stereocenters. The summed E-state index contributed by atoms with van der Waals surface area (Å²) in [6, 6.07) is 5.27. The summed E-state index contributed by atoms with van der Waals surface area (Å²) in [5.41, 5.74) is 0.652. The van der Waals surface area contributed by atoms with Gasteiger partial charge in [-0.3, -0.25) is 10.1 Å². The normalized spacial score (nSPS) is 10.8. The summed E-state index contributed by atoms with van der Waals surface area (Å²) in [4.78, 5) is 22.6. The number of amides is 1. The van der Waals surface area contributed by atoms with Crippen molar-refractivity contribution in [3.05, 3.63) is 28.2 Å². The topological polar surface area (TPSA) is 64.6 Å². The standard InChI is InChI=1S/C14H18BrNO4/c1-9(17)19-8-10-7-11(15)5-6-12(10)16-13(18)20-14(2,3)4/h5-7H,8H2,1-4H3,(H,16,18). The van der Waals surface area contributed by atoms with Crippen molar-refractivity contribution < 1.29 is 19.1 Å². The monoisotopic (exact) mass is 343 g/mol. The molecular formula is C14H18BrNO4. The number of carbonyl (C=O) groups is 2. The zero-order chi connectivity index (χ0) is 15.3. The summed E-state index contributed by atoms with van der Waals surface area (Å²) in [6.07, 6.45) is -0.552. The smallest absolute Gasteiger partial charge is 0.412 e. The fourth-order valence-corrected chi connectivity index (χ4v) is 1.81. The van der Waals surface area contributed by atoms with Gasteiger partial charge in [0.2, 0.25) is 0 Å². The van der Waals surface area contributed by atoms with E-state index in [1.54, 1.807) is 39.0 Å². The van der Waals surface area contributed by atoms with Crippen LogP contribution in [0.15, 0.2) is 22.7 Å². The number of benzene rings is 1. The van der Waals surface area contributed by atoms with E-state index >= 15 is 0 Å². The molecule has 0 atom stereocenters. The molecule has 1 rings (SSSR count). The van der Waals surface area contributed by atoms with Crippen molar-refractivity contribution in [3.63, 3.8) is 0 Å². The molecular weight excluding hydrogens is 326 g/mol. The van der Waals surface area contributed by atoms with Crippen LogP contribution in [0.3, 0.4) is 0 Å². The van der Waals surface area contributed by atoms with Gasteiger partial charge in [0.05, 0.1) is 5.69 Å². The van der Waals surface area contributed by atoms with Crippen LogP contribution in [0.25, 0.3) is 0 Å². The first-order valence-corrected chi connectivity index (χ1v) is 6.88. The lowest BCUT2D eigenvalue weighted by atomic mass is 10.2. The molecule has 1 aromatic carbocycles. The van der Waals surface area contributed by atoms with Gasteiger partial charge < -0.3 is 9.47 Å². The van der Waals surface area contributed by atoms with Crippen molar-refractivity contribution in [1.82, 2.24) is 0 Å². The minimum Gasteiger partial charge on any atom is -0.461 e. The van der Waals surface area contributed by atoms with Crippen LogP contribution in [0.1, 0.15) is 33.3 Å². The zero-order valence-corrected chi connectivity index (χ0v) is 13.5. The van der Waals surface area contributed by atoms with E-state index in [9.17, 15) is 9.59 Å². The first-order valence-electron chi connectivity index (χ1n) is 6.09. The van der Waals surface area contributed by atoms with Crippen LogP contribution >= 0.6 is 15.9 Å². The number of halogens is 1. The molecule has 0 fully saturated rings. The van der Waals surface area contributed by atoms with Crippen LogP contribution in [0.4, 0.5) is 10.5 Å². The number of rotatable bonds is 3. The molecule has 1 amide bonds. The third-order valence-electron chi connectivity index (χ3n) is 2.13. The number of hydrogen-bond acceptors (Lipinski definition) is 4. The highest BCUT2D eigenvalue weighted by Gasteiger charge is 2.17. The molecule has 0 aromatic heterocycles. The second-order valence-electron chi connectivity index (χ2n) is 5.21. The molecule has 0 bridgehead atoms.